The van der Waals surface area contributed by atoms with Crippen LogP contribution in [0.3, 0.4) is 0 Å². The molecule has 3 heterocycles. The Hall–Kier alpha value is -2.63. The van der Waals surface area contributed by atoms with Gasteiger partial charge in [-0.05, 0) is 56.4 Å². The smallest absolute Gasteiger partial charge is 0.274 e. The number of likely N-dealkylation sites (tertiary alicyclic amines) is 1. The van der Waals surface area contributed by atoms with Gasteiger partial charge in [-0.2, -0.15) is 5.10 Å². The van der Waals surface area contributed by atoms with Gasteiger partial charge >= 0.3 is 0 Å². The molecule has 2 aliphatic rings. The molecule has 1 aliphatic carbocycles. The van der Waals surface area contributed by atoms with Crippen molar-refractivity contribution in [3.8, 4) is 0 Å². The first-order valence-corrected chi connectivity index (χ1v) is 9.48. The number of hydrogen-bond acceptors (Lipinski definition) is 3. The van der Waals surface area contributed by atoms with Crippen molar-refractivity contribution in [2.45, 2.75) is 44.4 Å². The first-order valence-electron chi connectivity index (χ1n) is 9.48. The monoisotopic (exact) mass is 349 g/mol. The number of piperidine rings is 1. The van der Waals surface area contributed by atoms with Crippen molar-refractivity contribution in [1.82, 2.24) is 25.1 Å². The van der Waals surface area contributed by atoms with Crippen LogP contribution in [0.5, 0.6) is 0 Å². The van der Waals surface area contributed by atoms with E-state index in [-0.39, 0.29) is 11.8 Å². The number of benzene rings is 1. The molecule has 2 N–H and O–H groups in total. The van der Waals surface area contributed by atoms with Crippen LogP contribution in [0, 0.1) is 6.92 Å². The maximum Gasteiger partial charge on any atom is 0.274 e. The summed E-state index contributed by atoms with van der Waals surface area (Å²) in [6.07, 6.45) is 4.45. The summed E-state index contributed by atoms with van der Waals surface area (Å²) in [6, 6.07) is 8.20. The Balaban J connectivity index is 1.35. The minimum Gasteiger partial charge on any atom is -0.342 e. The molecule has 134 valence electrons. The predicted molar refractivity (Wildman–Crippen MR) is 99.3 cm³/mol. The highest BCUT2D eigenvalue weighted by atomic mass is 16.2. The number of H-pyrrole nitrogens is 2. The predicted octanol–water partition coefficient (Wildman–Crippen LogP) is 3.49. The van der Waals surface area contributed by atoms with Crippen LogP contribution >= 0.6 is 0 Å². The molecule has 5 rings (SSSR count). The molecule has 6 nitrogen and oxygen atoms in total. The maximum atomic E-state index is 12.9. The average molecular weight is 349 g/mol. The van der Waals surface area contributed by atoms with E-state index < -0.39 is 0 Å². The van der Waals surface area contributed by atoms with E-state index in [1.807, 2.05) is 11.0 Å². The normalized spacial score (nSPS) is 20.7. The Bertz CT molecular complexity index is 968. The van der Waals surface area contributed by atoms with Gasteiger partial charge in [-0.1, -0.05) is 6.07 Å². The molecule has 1 saturated carbocycles. The fourth-order valence-corrected chi connectivity index (χ4v) is 3.93. The Labute approximate surface area is 152 Å². The van der Waals surface area contributed by atoms with Crippen LogP contribution in [0.25, 0.3) is 11.0 Å². The third kappa shape index (κ3) is 2.79. The minimum atomic E-state index is 0.0322. The van der Waals surface area contributed by atoms with E-state index in [9.17, 15) is 4.79 Å². The topological polar surface area (TPSA) is 77.7 Å². The van der Waals surface area contributed by atoms with Crippen molar-refractivity contribution in [1.29, 1.82) is 0 Å². The number of aromatic nitrogens is 4. The molecule has 2 aromatic heterocycles. The Morgan fingerprint density at radius 2 is 2.08 bits per heavy atom. The fourth-order valence-electron chi connectivity index (χ4n) is 3.93. The second-order valence-corrected chi connectivity index (χ2v) is 7.72. The number of imidazole rings is 1. The minimum absolute atomic E-state index is 0.0322. The first-order chi connectivity index (χ1) is 12.7. The van der Waals surface area contributed by atoms with Crippen molar-refractivity contribution in [3.63, 3.8) is 0 Å². The second kappa shape index (κ2) is 5.97. The molecule has 26 heavy (non-hydrogen) atoms. The number of carbonyl (C=O) groups is 1. The molecule has 6 heteroatoms. The van der Waals surface area contributed by atoms with Crippen LogP contribution in [0.1, 0.15) is 65.1 Å². The molecule has 1 saturated heterocycles. The van der Waals surface area contributed by atoms with E-state index in [0.717, 1.165) is 41.9 Å². The van der Waals surface area contributed by atoms with Crippen molar-refractivity contribution in [2.24, 2.45) is 0 Å². The van der Waals surface area contributed by atoms with E-state index in [2.05, 4.69) is 40.3 Å². The summed E-state index contributed by atoms with van der Waals surface area (Å²) in [7, 11) is 0. The van der Waals surface area contributed by atoms with Crippen molar-refractivity contribution < 1.29 is 4.79 Å². The SMILES string of the molecule is Cc1ccc2nc([C@@H]3CCCN(C(=O)c4cc(C5CC5)[nH]n4)C3)[nH]c2c1. The Morgan fingerprint density at radius 3 is 2.92 bits per heavy atom. The zero-order chi connectivity index (χ0) is 17.7. The highest BCUT2D eigenvalue weighted by Crippen LogP contribution is 2.39. The lowest BCUT2D eigenvalue weighted by molar-refractivity contribution is 0.0699. The number of amides is 1. The van der Waals surface area contributed by atoms with Crippen LogP contribution in [-0.4, -0.2) is 44.1 Å². The van der Waals surface area contributed by atoms with Gasteiger partial charge in [0.25, 0.3) is 5.91 Å². The largest absolute Gasteiger partial charge is 0.342 e. The standard InChI is InChI=1S/C20H23N5O/c1-12-4-7-15-17(9-12)22-19(21-15)14-3-2-8-25(11-14)20(26)18-10-16(23-24-18)13-5-6-13/h4,7,9-10,13-14H,2-3,5-6,8,11H2,1H3,(H,21,22)(H,23,24)/t14-/m1/s1. The van der Waals surface area contributed by atoms with Crippen molar-refractivity contribution >= 4 is 16.9 Å². The lowest BCUT2D eigenvalue weighted by atomic mass is 9.97. The van der Waals surface area contributed by atoms with Gasteiger partial charge in [0.05, 0.1) is 11.0 Å². The number of aryl methyl sites for hydroxylation is 1. The second-order valence-electron chi connectivity index (χ2n) is 7.72. The summed E-state index contributed by atoms with van der Waals surface area (Å²) >= 11 is 0. The van der Waals surface area contributed by atoms with Gasteiger partial charge in [-0.15, -0.1) is 0 Å². The molecule has 1 aliphatic heterocycles. The number of nitrogens with zero attached hydrogens (tertiary/aromatic N) is 3. The van der Waals surface area contributed by atoms with Crippen LogP contribution in [0.2, 0.25) is 0 Å². The number of rotatable bonds is 3. The van der Waals surface area contributed by atoms with Gasteiger partial charge in [0.2, 0.25) is 0 Å². The summed E-state index contributed by atoms with van der Waals surface area (Å²) in [5, 5.41) is 7.29. The first kappa shape index (κ1) is 15.6. The zero-order valence-corrected chi connectivity index (χ0v) is 15.0. The van der Waals surface area contributed by atoms with Gasteiger partial charge in [0, 0.05) is 30.6 Å². The molecular formula is C20H23N5O. The number of carbonyl (C=O) groups excluding carboxylic acids is 1. The number of hydrogen-bond donors (Lipinski definition) is 2. The molecule has 0 bridgehead atoms. The molecule has 2 fully saturated rings. The van der Waals surface area contributed by atoms with Crippen molar-refractivity contribution in [3.05, 3.63) is 47.0 Å². The molecule has 1 aromatic carbocycles. The zero-order valence-electron chi connectivity index (χ0n) is 15.0. The number of aromatic amines is 2. The molecule has 1 amide bonds. The van der Waals surface area contributed by atoms with Gasteiger partial charge in [-0.3, -0.25) is 9.89 Å². The number of fused-ring (bicyclic) bond motifs is 1. The van der Waals surface area contributed by atoms with Gasteiger partial charge in [0.1, 0.15) is 11.5 Å². The summed E-state index contributed by atoms with van der Waals surface area (Å²) in [5.74, 6) is 1.85. The van der Waals surface area contributed by atoms with Crippen LogP contribution < -0.4 is 0 Å². The molecule has 0 radical (unpaired) electrons. The lowest BCUT2D eigenvalue weighted by Gasteiger charge is -2.31. The average Bonchev–Trinajstić information content (AvgIpc) is 3.24. The Morgan fingerprint density at radius 1 is 1.19 bits per heavy atom. The van der Waals surface area contributed by atoms with Crippen LogP contribution in [0.15, 0.2) is 24.3 Å². The molecule has 1 atom stereocenters. The lowest BCUT2D eigenvalue weighted by Crippen LogP contribution is -2.39. The summed E-state index contributed by atoms with van der Waals surface area (Å²) in [4.78, 5) is 23.0. The van der Waals surface area contributed by atoms with E-state index in [1.165, 1.54) is 18.4 Å². The Kier molecular flexibility index (Phi) is 3.58. The van der Waals surface area contributed by atoms with E-state index in [1.54, 1.807) is 0 Å². The van der Waals surface area contributed by atoms with Crippen LogP contribution in [0.4, 0.5) is 0 Å². The summed E-state index contributed by atoms with van der Waals surface area (Å²) < 4.78 is 0. The van der Waals surface area contributed by atoms with E-state index in [4.69, 9.17) is 4.98 Å². The highest BCUT2D eigenvalue weighted by molar-refractivity contribution is 5.92. The van der Waals surface area contributed by atoms with Gasteiger partial charge < -0.3 is 9.88 Å². The fraction of sp³-hybridized carbons (Fsp3) is 0.450. The molecular weight excluding hydrogens is 326 g/mol. The maximum absolute atomic E-state index is 12.9. The van der Waals surface area contributed by atoms with E-state index >= 15 is 0 Å². The van der Waals surface area contributed by atoms with Gasteiger partial charge in [0.15, 0.2) is 0 Å². The third-order valence-electron chi connectivity index (χ3n) is 5.58. The van der Waals surface area contributed by atoms with Crippen LogP contribution in [-0.2, 0) is 0 Å². The third-order valence-corrected chi connectivity index (χ3v) is 5.58. The van der Waals surface area contributed by atoms with Gasteiger partial charge in [-0.25, -0.2) is 4.98 Å². The summed E-state index contributed by atoms with van der Waals surface area (Å²) in [5.41, 5.74) is 4.95. The number of nitrogens with one attached hydrogen (secondary N) is 2. The molecule has 0 unspecified atom stereocenters. The quantitative estimate of drug-likeness (QED) is 0.760. The highest BCUT2D eigenvalue weighted by Gasteiger charge is 2.30. The molecule has 3 aromatic rings. The van der Waals surface area contributed by atoms with Crippen molar-refractivity contribution in [2.75, 3.05) is 13.1 Å². The van der Waals surface area contributed by atoms with E-state index in [0.29, 0.717) is 18.2 Å². The summed E-state index contributed by atoms with van der Waals surface area (Å²) in [6.45, 7) is 3.57. The molecule has 0 spiro atoms.